The van der Waals surface area contributed by atoms with Crippen molar-refractivity contribution in [3.8, 4) is 0 Å². The zero-order chi connectivity index (χ0) is 18.4. The second-order valence-corrected chi connectivity index (χ2v) is 6.65. The van der Waals surface area contributed by atoms with Crippen molar-refractivity contribution in [3.05, 3.63) is 34.9 Å². The molecule has 0 bridgehead atoms. The van der Waals surface area contributed by atoms with Crippen molar-refractivity contribution in [2.45, 2.75) is 46.1 Å². The smallest absolute Gasteiger partial charge is 0.191 e. The third-order valence-corrected chi connectivity index (χ3v) is 4.47. The molecule has 138 valence electrons. The maximum absolute atomic E-state index is 4.49. The van der Waals surface area contributed by atoms with Crippen LogP contribution in [0.4, 0.5) is 0 Å². The summed E-state index contributed by atoms with van der Waals surface area (Å²) in [7, 11) is 5.75. The zero-order valence-corrected chi connectivity index (χ0v) is 16.3. The second-order valence-electron chi connectivity index (χ2n) is 6.65. The van der Waals surface area contributed by atoms with Gasteiger partial charge in [-0.2, -0.15) is 10.2 Å². The molecule has 0 fully saturated rings. The Morgan fingerprint density at radius 1 is 1.32 bits per heavy atom. The molecule has 1 unspecified atom stereocenters. The molecule has 2 rings (SSSR count). The van der Waals surface area contributed by atoms with Gasteiger partial charge < -0.3 is 10.6 Å². The van der Waals surface area contributed by atoms with E-state index in [1.54, 1.807) is 0 Å². The fraction of sp³-hybridized carbons (Fsp3) is 0.611. The number of nitrogens with one attached hydrogen (secondary N) is 2. The molecule has 0 saturated carbocycles. The van der Waals surface area contributed by atoms with Crippen LogP contribution >= 0.6 is 0 Å². The summed E-state index contributed by atoms with van der Waals surface area (Å²) in [6, 6.07) is 0.283. The molecule has 0 radical (unpaired) electrons. The topological polar surface area (TPSA) is 72.1 Å². The average molecular weight is 345 g/mol. The van der Waals surface area contributed by atoms with Gasteiger partial charge in [-0.25, -0.2) is 0 Å². The standard InChI is InChI=1S/C18H31N7/c1-13(10-17-14(2)23-25(6)15(17)3)22-18(19-4)20-9-7-8-16-11-21-24(5)12-16/h11-13H,7-10H2,1-6H3,(H2,19,20,22). The Balaban J connectivity index is 1.77. The Labute approximate surface area is 150 Å². The molecule has 0 aromatic carbocycles. The molecule has 7 heteroatoms. The van der Waals surface area contributed by atoms with Crippen LogP contribution in [-0.2, 0) is 26.9 Å². The summed E-state index contributed by atoms with van der Waals surface area (Å²) in [5.41, 5.74) is 4.91. The Kier molecular flexibility index (Phi) is 6.61. The van der Waals surface area contributed by atoms with Crippen LogP contribution in [-0.4, -0.2) is 45.2 Å². The van der Waals surface area contributed by atoms with Crippen molar-refractivity contribution in [2.75, 3.05) is 13.6 Å². The molecule has 0 aliphatic heterocycles. The molecule has 0 aliphatic carbocycles. The van der Waals surface area contributed by atoms with Gasteiger partial charge in [-0.05, 0) is 51.2 Å². The molecule has 2 heterocycles. The van der Waals surface area contributed by atoms with E-state index in [0.29, 0.717) is 0 Å². The van der Waals surface area contributed by atoms with Crippen LogP contribution in [0.5, 0.6) is 0 Å². The first kappa shape index (κ1) is 19.0. The van der Waals surface area contributed by atoms with Crippen molar-refractivity contribution in [1.82, 2.24) is 30.2 Å². The molecule has 0 aliphatic rings. The lowest BCUT2D eigenvalue weighted by atomic mass is 10.1. The number of aromatic nitrogens is 4. The lowest BCUT2D eigenvalue weighted by Crippen LogP contribution is -2.43. The number of aryl methyl sites for hydroxylation is 4. The lowest BCUT2D eigenvalue weighted by molar-refractivity contribution is 0.631. The summed E-state index contributed by atoms with van der Waals surface area (Å²) >= 11 is 0. The summed E-state index contributed by atoms with van der Waals surface area (Å²) in [5.74, 6) is 0.845. The van der Waals surface area contributed by atoms with E-state index in [4.69, 9.17) is 0 Å². The molecule has 2 aromatic heterocycles. The maximum Gasteiger partial charge on any atom is 0.191 e. The van der Waals surface area contributed by atoms with E-state index in [1.807, 2.05) is 36.7 Å². The highest BCUT2D eigenvalue weighted by Crippen LogP contribution is 2.14. The fourth-order valence-corrected chi connectivity index (χ4v) is 3.00. The Morgan fingerprint density at radius 3 is 2.64 bits per heavy atom. The van der Waals surface area contributed by atoms with Gasteiger partial charge >= 0.3 is 0 Å². The van der Waals surface area contributed by atoms with Crippen LogP contribution in [0.3, 0.4) is 0 Å². The van der Waals surface area contributed by atoms with Gasteiger partial charge in [-0.3, -0.25) is 14.4 Å². The largest absolute Gasteiger partial charge is 0.356 e. The third-order valence-electron chi connectivity index (χ3n) is 4.47. The van der Waals surface area contributed by atoms with Crippen molar-refractivity contribution in [3.63, 3.8) is 0 Å². The normalized spacial score (nSPS) is 13.1. The quantitative estimate of drug-likeness (QED) is 0.453. The van der Waals surface area contributed by atoms with E-state index in [-0.39, 0.29) is 6.04 Å². The third kappa shape index (κ3) is 5.34. The van der Waals surface area contributed by atoms with Gasteiger partial charge in [0.1, 0.15) is 0 Å². The highest BCUT2D eigenvalue weighted by molar-refractivity contribution is 5.79. The van der Waals surface area contributed by atoms with Gasteiger partial charge in [-0.1, -0.05) is 0 Å². The number of hydrogen-bond donors (Lipinski definition) is 2. The number of hydrogen-bond acceptors (Lipinski definition) is 3. The molecule has 7 nitrogen and oxygen atoms in total. The van der Waals surface area contributed by atoms with E-state index in [1.165, 1.54) is 16.8 Å². The molecule has 2 N–H and O–H groups in total. The first-order valence-corrected chi connectivity index (χ1v) is 8.84. The molecule has 0 amide bonds. The van der Waals surface area contributed by atoms with Crippen molar-refractivity contribution in [1.29, 1.82) is 0 Å². The number of rotatable bonds is 7. The SMILES string of the molecule is CN=C(NCCCc1cnn(C)c1)NC(C)Cc1c(C)nn(C)c1C. The van der Waals surface area contributed by atoms with Crippen molar-refractivity contribution < 1.29 is 0 Å². The maximum atomic E-state index is 4.49. The van der Waals surface area contributed by atoms with E-state index in [9.17, 15) is 0 Å². The minimum atomic E-state index is 0.283. The monoisotopic (exact) mass is 345 g/mol. The highest BCUT2D eigenvalue weighted by atomic mass is 15.3. The van der Waals surface area contributed by atoms with Gasteiger partial charge in [-0.15, -0.1) is 0 Å². The van der Waals surface area contributed by atoms with Crippen LogP contribution < -0.4 is 10.6 Å². The van der Waals surface area contributed by atoms with E-state index < -0.39 is 0 Å². The zero-order valence-electron chi connectivity index (χ0n) is 16.3. The predicted molar refractivity (Wildman–Crippen MR) is 102 cm³/mol. The molecular weight excluding hydrogens is 314 g/mol. The van der Waals surface area contributed by atoms with Gasteiger partial charge in [0.05, 0.1) is 11.9 Å². The predicted octanol–water partition coefficient (Wildman–Crippen LogP) is 1.50. The molecule has 2 aromatic rings. The van der Waals surface area contributed by atoms with Crippen LogP contribution in [0.25, 0.3) is 0 Å². The Bertz CT molecular complexity index is 711. The summed E-state index contributed by atoms with van der Waals surface area (Å²) in [5, 5.41) is 15.5. The van der Waals surface area contributed by atoms with Crippen LogP contribution in [0, 0.1) is 13.8 Å². The van der Waals surface area contributed by atoms with Gasteiger partial charge in [0.25, 0.3) is 0 Å². The number of aliphatic imine (C=N–C) groups is 1. The second kappa shape index (κ2) is 8.69. The molecule has 1 atom stereocenters. The van der Waals surface area contributed by atoms with E-state index in [2.05, 4.69) is 52.8 Å². The highest BCUT2D eigenvalue weighted by Gasteiger charge is 2.13. The minimum absolute atomic E-state index is 0.283. The average Bonchev–Trinajstić information content (AvgIpc) is 3.08. The Hall–Kier alpha value is -2.31. The summed E-state index contributed by atoms with van der Waals surface area (Å²) in [6.45, 7) is 7.24. The van der Waals surface area contributed by atoms with Crippen LogP contribution in [0.1, 0.15) is 35.9 Å². The molecule has 0 saturated heterocycles. The van der Waals surface area contributed by atoms with Crippen LogP contribution in [0.15, 0.2) is 17.4 Å². The summed E-state index contributed by atoms with van der Waals surface area (Å²) in [4.78, 5) is 4.33. The number of nitrogens with zero attached hydrogens (tertiary/aromatic N) is 5. The first-order valence-electron chi connectivity index (χ1n) is 8.84. The van der Waals surface area contributed by atoms with Gasteiger partial charge in [0.2, 0.25) is 0 Å². The van der Waals surface area contributed by atoms with E-state index in [0.717, 1.165) is 37.5 Å². The molecular formula is C18H31N7. The molecule has 25 heavy (non-hydrogen) atoms. The molecule has 0 spiro atoms. The fourth-order valence-electron chi connectivity index (χ4n) is 3.00. The van der Waals surface area contributed by atoms with Crippen molar-refractivity contribution >= 4 is 5.96 Å². The van der Waals surface area contributed by atoms with Gasteiger partial charge in [0.15, 0.2) is 5.96 Å². The van der Waals surface area contributed by atoms with Crippen molar-refractivity contribution in [2.24, 2.45) is 19.1 Å². The first-order chi connectivity index (χ1) is 11.9. The van der Waals surface area contributed by atoms with Crippen LogP contribution in [0.2, 0.25) is 0 Å². The number of guanidine groups is 1. The Morgan fingerprint density at radius 2 is 2.08 bits per heavy atom. The summed E-state index contributed by atoms with van der Waals surface area (Å²) in [6.07, 6.45) is 6.98. The summed E-state index contributed by atoms with van der Waals surface area (Å²) < 4.78 is 3.79. The van der Waals surface area contributed by atoms with E-state index >= 15 is 0 Å². The lowest BCUT2D eigenvalue weighted by Gasteiger charge is -2.18. The van der Waals surface area contributed by atoms with Gasteiger partial charge in [0, 0.05) is 45.6 Å². The minimum Gasteiger partial charge on any atom is -0.356 e.